The third kappa shape index (κ3) is 5.85. The normalized spacial score (nSPS) is 10.6. The summed E-state index contributed by atoms with van der Waals surface area (Å²) in [6.07, 6.45) is 1.07. The first-order valence-electron chi connectivity index (χ1n) is 10.1. The molecule has 0 aliphatic heterocycles. The van der Waals surface area contributed by atoms with E-state index < -0.39 is 0 Å². The molecule has 8 nitrogen and oxygen atoms in total. The van der Waals surface area contributed by atoms with E-state index in [0.717, 1.165) is 16.9 Å². The molecule has 0 atom stereocenters. The van der Waals surface area contributed by atoms with Crippen LogP contribution in [0.3, 0.4) is 0 Å². The topological polar surface area (TPSA) is 115 Å². The van der Waals surface area contributed by atoms with Gasteiger partial charge in [0.05, 0.1) is 26.0 Å². The molecule has 1 aromatic heterocycles. The molecule has 0 fully saturated rings. The Balaban J connectivity index is 1.95. The Morgan fingerprint density at radius 3 is 2.29 bits per heavy atom. The van der Waals surface area contributed by atoms with Gasteiger partial charge in [-0.3, -0.25) is 19.3 Å². The highest BCUT2D eigenvalue weighted by Crippen LogP contribution is 2.14. The highest BCUT2D eigenvalue weighted by atomic mass is 16.5. The predicted molar refractivity (Wildman–Crippen MR) is 122 cm³/mol. The Kier molecular flexibility index (Phi) is 7.26. The molecule has 0 radical (unpaired) electrons. The lowest BCUT2D eigenvalue weighted by atomic mass is 10.2. The van der Waals surface area contributed by atoms with Gasteiger partial charge in [0.25, 0.3) is 5.56 Å². The average molecular weight is 422 g/mol. The van der Waals surface area contributed by atoms with Crippen molar-refractivity contribution in [2.75, 3.05) is 19.0 Å². The van der Waals surface area contributed by atoms with Crippen molar-refractivity contribution in [1.29, 1.82) is 5.41 Å². The molecule has 3 rings (SSSR count). The number of ether oxygens (including phenoxy) is 1. The van der Waals surface area contributed by atoms with E-state index in [9.17, 15) is 9.59 Å². The van der Waals surface area contributed by atoms with E-state index in [1.807, 2.05) is 54.6 Å². The molecule has 162 valence electrons. The van der Waals surface area contributed by atoms with Crippen LogP contribution in [0.5, 0.6) is 5.75 Å². The second kappa shape index (κ2) is 10.3. The minimum Gasteiger partial charge on any atom is -0.497 e. The fourth-order valence-electron chi connectivity index (χ4n) is 3.24. The number of aromatic nitrogens is 2. The van der Waals surface area contributed by atoms with Crippen LogP contribution < -0.4 is 27.0 Å². The fraction of sp³-hybridized carbons (Fsp3) is 0.261. The van der Waals surface area contributed by atoms with Crippen LogP contribution in [-0.2, 0) is 13.1 Å². The summed E-state index contributed by atoms with van der Waals surface area (Å²) in [7, 11) is 1.60. The Morgan fingerprint density at radius 2 is 1.65 bits per heavy atom. The van der Waals surface area contributed by atoms with Crippen LogP contribution in [-0.4, -0.2) is 28.6 Å². The summed E-state index contributed by atoms with van der Waals surface area (Å²) >= 11 is 0. The summed E-state index contributed by atoms with van der Waals surface area (Å²) in [5.41, 5.74) is 6.43. The molecule has 0 aliphatic carbocycles. The maximum absolute atomic E-state index is 13.3. The van der Waals surface area contributed by atoms with Crippen LogP contribution in [0.15, 0.2) is 70.3 Å². The van der Waals surface area contributed by atoms with Gasteiger partial charge in [0.15, 0.2) is 0 Å². The van der Waals surface area contributed by atoms with Crippen molar-refractivity contribution in [1.82, 2.24) is 9.13 Å². The van der Waals surface area contributed by atoms with Crippen LogP contribution in [0.2, 0.25) is 0 Å². The molecule has 0 saturated carbocycles. The van der Waals surface area contributed by atoms with Crippen LogP contribution in [0, 0.1) is 5.41 Å². The summed E-state index contributed by atoms with van der Waals surface area (Å²) in [5.74, 6) is 1.28. The number of anilines is 1. The molecule has 0 aliphatic rings. The Hall–Kier alpha value is -3.81. The molecule has 8 heteroatoms. The molecule has 1 heterocycles. The molecule has 4 N–H and O–H groups in total. The van der Waals surface area contributed by atoms with Crippen LogP contribution in [0.1, 0.15) is 24.0 Å². The largest absolute Gasteiger partial charge is 0.497 e. The zero-order valence-corrected chi connectivity index (χ0v) is 17.5. The summed E-state index contributed by atoms with van der Waals surface area (Å²) in [6.45, 7) is 0.989. The number of benzene rings is 2. The smallest absolute Gasteiger partial charge is 0.333 e. The molecule has 2 aromatic carbocycles. The van der Waals surface area contributed by atoms with Crippen LogP contribution >= 0.6 is 0 Å². The number of methoxy groups -OCH3 is 1. The molecule has 31 heavy (non-hydrogen) atoms. The quantitative estimate of drug-likeness (QED) is 0.264. The number of hydrogen-bond acceptors (Lipinski definition) is 5. The van der Waals surface area contributed by atoms with E-state index in [0.29, 0.717) is 31.7 Å². The lowest BCUT2D eigenvalue weighted by Gasteiger charge is -2.17. The summed E-state index contributed by atoms with van der Waals surface area (Å²) in [6, 6.07) is 18.3. The van der Waals surface area contributed by atoms with Crippen molar-refractivity contribution in [3.8, 4) is 5.75 Å². The van der Waals surface area contributed by atoms with Crippen LogP contribution in [0.25, 0.3) is 0 Å². The Labute approximate surface area is 180 Å². The first kappa shape index (κ1) is 21.9. The lowest BCUT2D eigenvalue weighted by molar-refractivity contribution is 0.414. The summed E-state index contributed by atoms with van der Waals surface area (Å²) in [4.78, 5) is 26.0. The summed E-state index contributed by atoms with van der Waals surface area (Å²) < 4.78 is 7.99. The fourth-order valence-corrected chi connectivity index (χ4v) is 3.24. The first-order chi connectivity index (χ1) is 15.0. The van der Waals surface area contributed by atoms with Crippen LogP contribution in [0.4, 0.5) is 5.82 Å². The van der Waals surface area contributed by atoms with Crippen molar-refractivity contribution < 1.29 is 4.74 Å². The van der Waals surface area contributed by atoms with Gasteiger partial charge in [-0.2, -0.15) is 0 Å². The first-order valence-corrected chi connectivity index (χ1v) is 10.1. The molecule has 0 saturated heterocycles. The average Bonchev–Trinajstić information content (AvgIpc) is 2.77. The van der Waals surface area contributed by atoms with Gasteiger partial charge in [-0.1, -0.05) is 42.5 Å². The van der Waals surface area contributed by atoms with Gasteiger partial charge >= 0.3 is 5.69 Å². The van der Waals surface area contributed by atoms with Gasteiger partial charge in [0, 0.05) is 19.0 Å². The maximum atomic E-state index is 13.3. The maximum Gasteiger partial charge on any atom is 0.333 e. The van der Waals surface area contributed by atoms with Gasteiger partial charge in [0.1, 0.15) is 11.6 Å². The monoisotopic (exact) mass is 421 g/mol. The van der Waals surface area contributed by atoms with E-state index >= 15 is 0 Å². The van der Waals surface area contributed by atoms with E-state index in [-0.39, 0.29) is 23.6 Å². The number of amidine groups is 1. The van der Waals surface area contributed by atoms with E-state index in [4.69, 9.17) is 15.9 Å². The molecule has 0 bridgehead atoms. The highest BCUT2D eigenvalue weighted by Gasteiger charge is 2.13. The van der Waals surface area contributed by atoms with Crippen molar-refractivity contribution in [3.05, 3.63) is 92.6 Å². The molecular formula is C23H27N5O3. The van der Waals surface area contributed by atoms with E-state index in [1.54, 1.807) is 11.7 Å². The second-order valence-corrected chi connectivity index (χ2v) is 7.21. The van der Waals surface area contributed by atoms with Gasteiger partial charge in [-0.25, -0.2) is 4.79 Å². The molecule has 0 amide bonds. The Morgan fingerprint density at radius 1 is 1.00 bits per heavy atom. The van der Waals surface area contributed by atoms with Crippen molar-refractivity contribution in [2.45, 2.75) is 25.9 Å². The third-order valence-electron chi connectivity index (χ3n) is 4.89. The zero-order valence-electron chi connectivity index (χ0n) is 17.5. The molecule has 0 spiro atoms. The molecule has 0 unspecified atom stereocenters. The zero-order chi connectivity index (χ0) is 22.2. The Bertz CT molecular complexity index is 1130. The van der Waals surface area contributed by atoms with Crippen molar-refractivity contribution in [3.63, 3.8) is 0 Å². The predicted octanol–water partition coefficient (Wildman–Crippen LogP) is 2.24. The van der Waals surface area contributed by atoms with Gasteiger partial charge in [-0.05, 0) is 29.7 Å². The minimum atomic E-state index is -0.388. The number of hydrogen-bond donors (Lipinski definition) is 3. The number of rotatable bonds is 10. The molecular weight excluding hydrogens is 394 g/mol. The second-order valence-electron chi connectivity index (χ2n) is 7.21. The number of nitrogens with two attached hydrogens (primary N) is 1. The number of nitrogens with one attached hydrogen (secondary N) is 2. The standard InChI is InChI=1S/C23H27N5O3/c1-31-19-11-9-18(10-12-19)15-27-21(26-13-5-8-20(24)25)14-22(29)28(23(27)30)16-17-6-3-2-4-7-17/h2-4,6-7,9-12,14,26H,5,8,13,15-16H2,1H3,(H3,24,25). The van der Waals surface area contributed by atoms with Crippen molar-refractivity contribution in [2.24, 2.45) is 5.73 Å². The minimum absolute atomic E-state index is 0.107. The van der Waals surface area contributed by atoms with Crippen molar-refractivity contribution >= 4 is 11.7 Å². The number of nitrogens with zero attached hydrogens (tertiary/aromatic N) is 2. The van der Waals surface area contributed by atoms with Gasteiger partial charge in [0.2, 0.25) is 0 Å². The van der Waals surface area contributed by atoms with Gasteiger partial charge < -0.3 is 15.8 Å². The van der Waals surface area contributed by atoms with E-state index in [1.165, 1.54) is 10.6 Å². The third-order valence-corrected chi connectivity index (χ3v) is 4.89. The lowest BCUT2D eigenvalue weighted by Crippen LogP contribution is -2.41. The highest BCUT2D eigenvalue weighted by molar-refractivity contribution is 5.76. The molecule has 3 aromatic rings. The van der Waals surface area contributed by atoms with Gasteiger partial charge in [-0.15, -0.1) is 0 Å². The summed E-state index contributed by atoms with van der Waals surface area (Å²) in [5, 5.41) is 10.5. The van der Waals surface area contributed by atoms with E-state index in [2.05, 4.69) is 5.32 Å². The SMILES string of the molecule is COc1ccc(Cn2c(NCCCC(=N)N)cc(=O)n(Cc3ccccc3)c2=O)cc1.